The Bertz CT molecular complexity index is 1170. The van der Waals surface area contributed by atoms with Crippen molar-refractivity contribution in [1.29, 1.82) is 0 Å². The summed E-state index contributed by atoms with van der Waals surface area (Å²) in [5.41, 5.74) is 5.18. The molecule has 0 spiro atoms. The molecule has 1 aromatic heterocycles. The number of imidazole rings is 1. The summed E-state index contributed by atoms with van der Waals surface area (Å²) in [4.78, 5) is 24.5. The molecule has 1 atom stereocenters. The molecule has 1 unspecified atom stereocenters. The van der Waals surface area contributed by atoms with Crippen LogP contribution in [0.25, 0.3) is 0 Å². The lowest BCUT2D eigenvalue weighted by Crippen LogP contribution is -2.38. The molecular weight excluding hydrogens is 456 g/mol. The van der Waals surface area contributed by atoms with E-state index >= 15 is 0 Å². The minimum atomic E-state index is 0.00763. The number of carbonyl (C=O) groups is 1. The van der Waals surface area contributed by atoms with Crippen LogP contribution in [0.3, 0.4) is 0 Å². The number of nitrogens with one attached hydrogen (secondary N) is 1. The Hall–Kier alpha value is -3.52. The predicted octanol–water partition coefficient (Wildman–Crippen LogP) is 4.40. The first-order valence-electron chi connectivity index (χ1n) is 12.5. The van der Waals surface area contributed by atoms with Gasteiger partial charge in [-0.1, -0.05) is 0 Å². The highest BCUT2D eigenvalue weighted by Gasteiger charge is 2.30. The number of fused-ring (bicyclic) bond motifs is 1. The summed E-state index contributed by atoms with van der Waals surface area (Å²) in [5.74, 6) is 2.22. The average Bonchev–Trinajstić information content (AvgIpc) is 3.32. The van der Waals surface area contributed by atoms with Crippen molar-refractivity contribution in [2.45, 2.75) is 39.8 Å². The minimum absolute atomic E-state index is 0.00763. The monoisotopic (exact) mass is 492 g/mol. The molecule has 2 heterocycles. The minimum Gasteiger partial charge on any atom is -0.493 e. The largest absolute Gasteiger partial charge is 0.493 e. The molecule has 0 aliphatic carbocycles. The molecule has 1 aliphatic rings. The van der Waals surface area contributed by atoms with E-state index in [1.54, 1.807) is 20.5 Å². The van der Waals surface area contributed by atoms with E-state index in [0.29, 0.717) is 31.0 Å². The van der Waals surface area contributed by atoms with E-state index in [2.05, 4.69) is 27.0 Å². The normalized spacial score (nSPS) is 15.3. The lowest BCUT2D eigenvalue weighted by atomic mass is 9.92. The molecule has 0 saturated carbocycles. The van der Waals surface area contributed by atoms with E-state index in [1.807, 2.05) is 49.9 Å². The van der Waals surface area contributed by atoms with Crippen LogP contribution in [0.2, 0.25) is 0 Å². The molecule has 2 aromatic carbocycles. The molecule has 0 radical (unpaired) electrons. The van der Waals surface area contributed by atoms with Crippen molar-refractivity contribution in [2.24, 2.45) is 0 Å². The van der Waals surface area contributed by atoms with Crippen molar-refractivity contribution in [1.82, 2.24) is 19.8 Å². The zero-order valence-electron chi connectivity index (χ0n) is 21.8. The number of rotatable bonds is 10. The van der Waals surface area contributed by atoms with Crippen LogP contribution in [0.4, 0.5) is 0 Å². The van der Waals surface area contributed by atoms with E-state index in [-0.39, 0.29) is 11.9 Å². The van der Waals surface area contributed by atoms with Gasteiger partial charge in [-0.25, -0.2) is 4.98 Å². The summed E-state index contributed by atoms with van der Waals surface area (Å²) in [6, 6.07) is 11.6. The van der Waals surface area contributed by atoms with Crippen LogP contribution in [0.1, 0.15) is 52.8 Å². The molecule has 4 rings (SSSR count). The predicted molar refractivity (Wildman–Crippen MR) is 139 cm³/mol. The molecule has 3 aromatic rings. The van der Waals surface area contributed by atoms with Gasteiger partial charge >= 0.3 is 0 Å². The van der Waals surface area contributed by atoms with Crippen molar-refractivity contribution in [3.63, 3.8) is 0 Å². The first kappa shape index (κ1) is 25.6. The molecular formula is C28H36N4O4. The van der Waals surface area contributed by atoms with Gasteiger partial charge in [-0.05, 0) is 74.7 Å². The lowest BCUT2D eigenvalue weighted by Gasteiger charge is -2.37. The fraction of sp³-hybridized carbons (Fsp3) is 0.429. The molecule has 1 aliphatic heterocycles. The van der Waals surface area contributed by atoms with Crippen molar-refractivity contribution >= 4 is 5.91 Å². The fourth-order valence-electron chi connectivity index (χ4n) is 4.78. The molecule has 0 fully saturated rings. The number of nitrogens with zero attached hydrogens (tertiary/aromatic N) is 3. The SMILES string of the molecule is CCN(CC)C(=O)c1ccc(OCC2c3cc(OC)c(OC)cc3CCN2Cc2[nH]cnc2C)cc1. The van der Waals surface area contributed by atoms with Crippen molar-refractivity contribution in [3.8, 4) is 17.2 Å². The number of aromatic nitrogens is 2. The highest BCUT2D eigenvalue weighted by atomic mass is 16.5. The van der Waals surface area contributed by atoms with Crippen LogP contribution >= 0.6 is 0 Å². The van der Waals surface area contributed by atoms with Gasteiger partial charge in [-0.15, -0.1) is 0 Å². The maximum atomic E-state index is 12.6. The first-order chi connectivity index (χ1) is 17.5. The van der Waals surface area contributed by atoms with Gasteiger partial charge in [0.25, 0.3) is 5.91 Å². The van der Waals surface area contributed by atoms with Crippen LogP contribution in [-0.4, -0.2) is 66.1 Å². The van der Waals surface area contributed by atoms with E-state index in [4.69, 9.17) is 14.2 Å². The van der Waals surface area contributed by atoms with Crippen LogP contribution in [0.15, 0.2) is 42.7 Å². The van der Waals surface area contributed by atoms with E-state index in [1.165, 1.54) is 11.1 Å². The van der Waals surface area contributed by atoms with Crippen LogP contribution in [0, 0.1) is 6.92 Å². The molecule has 0 bridgehead atoms. The number of aryl methyl sites for hydroxylation is 1. The van der Waals surface area contributed by atoms with Gasteiger partial charge in [-0.3, -0.25) is 9.69 Å². The number of aromatic amines is 1. The number of hydrogen-bond donors (Lipinski definition) is 1. The third-order valence-electron chi connectivity index (χ3n) is 6.97. The summed E-state index contributed by atoms with van der Waals surface area (Å²) in [6.45, 7) is 9.45. The Morgan fingerprint density at radius 1 is 1.11 bits per heavy atom. The summed E-state index contributed by atoms with van der Waals surface area (Å²) in [5, 5.41) is 0. The summed E-state index contributed by atoms with van der Waals surface area (Å²) < 4.78 is 17.5. The molecule has 1 amide bonds. The van der Waals surface area contributed by atoms with Crippen molar-refractivity contribution in [3.05, 3.63) is 70.8 Å². The van der Waals surface area contributed by atoms with Gasteiger partial charge in [0, 0.05) is 31.7 Å². The van der Waals surface area contributed by atoms with Crippen LogP contribution in [0.5, 0.6) is 17.2 Å². The Morgan fingerprint density at radius 2 is 1.81 bits per heavy atom. The molecule has 8 nitrogen and oxygen atoms in total. The molecule has 0 saturated heterocycles. The Balaban J connectivity index is 1.57. The van der Waals surface area contributed by atoms with E-state index < -0.39 is 0 Å². The van der Waals surface area contributed by atoms with Gasteiger partial charge in [0.05, 0.1) is 38.0 Å². The number of benzene rings is 2. The number of amides is 1. The van der Waals surface area contributed by atoms with Gasteiger partial charge < -0.3 is 24.1 Å². The molecule has 36 heavy (non-hydrogen) atoms. The number of carbonyl (C=O) groups excluding carboxylic acids is 1. The fourth-order valence-corrected chi connectivity index (χ4v) is 4.78. The number of H-pyrrole nitrogens is 1. The smallest absolute Gasteiger partial charge is 0.253 e. The van der Waals surface area contributed by atoms with E-state index in [9.17, 15) is 4.79 Å². The number of hydrogen-bond acceptors (Lipinski definition) is 6. The van der Waals surface area contributed by atoms with Gasteiger partial charge in [0.2, 0.25) is 0 Å². The Kier molecular flexibility index (Phi) is 8.15. The zero-order chi connectivity index (χ0) is 25.7. The first-order valence-corrected chi connectivity index (χ1v) is 12.5. The maximum absolute atomic E-state index is 12.6. The molecule has 192 valence electrons. The second-order valence-electron chi connectivity index (χ2n) is 8.92. The van der Waals surface area contributed by atoms with Crippen molar-refractivity contribution < 1.29 is 19.0 Å². The average molecular weight is 493 g/mol. The van der Waals surface area contributed by atoms with Gasteiger partial charge in [-0.2, -0.15) is 0 Å². The maximum Gasteiger partial charge on any atom is 0.253 e. The zero-order valence-corrected chi connectivity index (χ0v) is 21.8. The molecule has 1 N–H and O–H groups in total. The third kappa shape index (κ3) is 5.33. The quantitative estimate of drug-likeness (QED) is 0.452. The standard InChI is InChI=1S/C28H36N4O4/c1-6-31(7-2)28(33)20-8-10-22(11-9-20)36-17-25-23-15-27(35-5)26(34-4)14-21(23)12-13-32(25)16-24-19(3)29-18-30-24/h8-11,14-15,18,25H,6-7,12-13,16-17H2,1-5H3,(H,29,30). The Labute approximate surface area is 213 Å². The van der Waals surface area contributed by atoms with Gasteiger partial charge in [0.15, 0.2) is 11.5 Å². The topological polar surface area (TPSA) is 79.9 Å². The Morgan fingerprint density at radius 3 is 2.42 bits per heavy atom. The van der Waals surface area contributed by atoms with Crippen LogP contribution in [-0.2, 0) is 13.0 Å². The highest BCUT2D eigenvalue weighted by Crippen LogP contribution is 2.39. The third-order valence-corrected chi connectivity index (χ3v) is 6.97. The highest BCUT2D eigenvalue weighted by molar-refractivity contribution is 5.94. The molecule has 8 heteroatoms. The second-order valence-corrected chi connectivity index (χ2v) is 8.92. The number of methoxy groups -OCH3 is 2. The second kappa shape index (κ2) is 11.5. The summed E-state index contributed by atoms with van der Waals surface area (Å²) in [6.07, 6.45) is 2.64. The lowest BCUT2D eigenvalue weighted by molar-refractivity contribution is 0.0773. The van der Waals surface area contributed by atoms with Crippen molar-refractivity contribution in [2.75, 3.05) is 40.5 Å². The van der Waals surface area contributed by atoms with Crippen LogP contribution < -0.4 is 14.2 Å². The number of ether oxygens (including phenoxy) is 3. The van der Waals surface area contributed by atoms with E-state index in [0.717, 1.165) is 42.4 Å². The van der Waals surface area contributed by atoms with Gasteiger partial charge in [0.1, 0.15) is 12.4 Å². The summed E-state index contributed by atoms with van der Waals surface area (Å²) in [7, 11) is 3.32. The summed E-state index contributed by atoms with van der Waals surface area (Å²) >= 11 is 0.